The van der Waals surface area contributed by atoms with Crippen molar-refractivity contribution in [2.45, 2.75) is 6.04 Å². The summed E-state index contributed by atoms with van der Waals surface area (Å²) in [7, 11) is 0. The Morgan fingerprint density at radius 1 is 1.59 bits per heavy atom. The number of hydrogen-bond donors (Lipinski definition) is 3. The van der Waals surface area contributed by atoms with Gasteiger partial charge in [0, 0.05) is 11.6 Å². The largest absolute Gasteiger partial charge is 0.480 e. The van der Waals surface area contributed by atoms with Gasteiger partial charge in [-0.15, -0.1) is 11.3 Å². The molecule has 2 heterocycles. The SMILES string of the molecule is NC(C(=O)O)c1csc(Nc2cccnc2)n1. The summed E-state index contributed by atoms with van der Waals surface area (Å²) in [5.74, 6) is -1.09. The lowest BCUT2D eigenvalue weighted by molar-refractivity contribution is -0.138. The van der Waals surface area contributed by atoms with Crippen LogP contribution < -0.4 is 11.1 Å². The predicted octanol–water partition coefficient (Wildman–Crippen LogP) is 1.37. The van der Waals surface area contributed by atoms with Crippen LogP contribution >= 0.6 is 11.3 Å². The molecule has 2 aromatic heterocycles. The lowest BCUT2D eigenvalue weighted by atomic mass is 10.2. The second-order valence-corrected chi connectivity index (χ2v) is 4.12. The van der Waals surface area contributed by atoms with Crippen LogP contribution in [0.4, 0.5) is 10.8 Å². The van der Waals surface area contributed by atoms with Crippen LogP contribution in [0.2, 0.25) is 0 Å². The molecule has 2 aromatic rings. The molecule has 0 spiro atoms. The Balaban J connectivity index is 2.11. The number of nitrogens with zero attached hydrogens (tertiary/aromatic N) is 2. The highest BCUT2D eigenvalue weighted by Crippen LogP contribution is 2.22. The van der Waals surface area contributed by atoms with Gasteiger partial charge < -0.3 is 16.2 Å². The zero-order valence-corrected chi connectivity index (χ0v) is 9.52. The number of nitrogens with two attached hydrogens (primary N) is 1. The van der Waals surface area contributed by atoms with Crippen molar-refractivity contribution >= 4 is 28.1 Å². The lowest BCUT2D eigenvalue weighted by Gasteiger charge is -2.02. The molecule has 0 aromatic carbocycles. The maximum atomic E-state index is 10.7. The maximum absolute atomic E-state index is 10.7. The highest BCUT2D eigenvalue weighted by Gasteiger charge is 2.17. The summed E-state index contributed by atoms with van der Waals surface area (Å²) in [5.41, 5.74) is 6.58. The normalized spacial score (nSPS) is 12.1. The third-order valence-corrected chi connectivity index (χ3v) is 2.80. The fraction of sp³-hybridized carbons (Fsp3) is 0.100. The fourth-order valence-corrected chi connectivity index (χ4v) is 1.94. The molecule has 0 saturated carbocycles. The van der Waals surface area contributed by atoms with Crippen LogP contribution in [0.3, 0.4) is 0 Å². The Kier molecular flexibility index (Phi) is 3.31. The van der Waals surface area contributed by atoms with Gasteiger partial charge in [0.25, 0.3) is 0 Å². The average molecular weight is 250 g/mol. The molecule has 0 amide bonds. The second-order valence-electron chi connectivity index (χ2n) is 3.26. The van der Waals surface area contributed by atoms with Crippen LogP contribution in [0.25, 0.3) is 0 Å². The summed E-state index contributed by atoms with van der Waals surface area (Å²) in [5, 5.41) is 14.0. The number of carboxylic acids is 1. The highest BCUT2D eigenvalue weighted by molar-refractivity contribution is 7.13. The third kappa shape index (κ3) is 2.77. The van der Waals surface area contributed by atoms with Crippen LogP contribution in [0.15, 0.2) is 29.9 Å². The van der Waals surface area contributed by atoms with Crippen molar-refractivity contribution in [3.05, 3.63) is 35.6 Å². The summed E-state index contributed by atoms with van der Waals surface area (Å²) in [4.78, 5) is 18.7. The molecule has 1 unspecified atom stereocenters. The van der Waals surface area contributed by atoms with E-state index in [4.69, 9.17) is 10.8 Å². The molecular formula is C10H10N4O2S. The van der Waals surface area contributed by atoms with Gasteiger partial charge in [-0.05, 0) is 12.1 Å². The van der Waals surface area contributed by atoms with Crippen molar-refractivity contribution in [1.82, 2.24) is 9.97 Å². The minimum Gasteiger partial charge on any atom is -0.480 e. The first-order valence-corrected chi connectivity index (χ1v) is 5.65. The number of aromatic nitrogens is 2. The predicted molar refractivity (Wildman–Crippen MR) is 64.2 cm³/mol. The van der Waals surface area contributed by atoms with Crippen molar-refractivity contribution in [3.8, 4) is 0 Å². The number of aliphatic carboxylic acids is 1. The maximum Gasteiger partial charge on any atom is 0.326 e. The van der Waals surface area contributed by atoms with Gasteiger partial charge >= 0.3 is 5.97 Å². The van der Waals surface area contributed by atoms with Gasteiger partial charge in [0.1, 0.15) is 6.04 Å². The van der Waals surface area contributed by atoms with E-state index in [-0.39, 0.29) is 0 Å². The zero-order valence-electron chi connectivity index (χ0n) is 8.70. The number of thiazole rings is 1. The van der Waals surface area contributed by atoms with Crippen LogP contribution in [0.1, 0.15) is 11.7 Å². The number of carbonyl (C=O) groups is 1. The summed E-state index contributed by atoms with van der Waals surface area (Å²) >= 11 is 1.30. The van der Waals surface area contributed by atoms with E-state index < -0.39 is 12.0 Å². The molecule has 0 aliphatic carbocycles. The Labute approximate surface area is 101 Å². The van der Waals surface area contributed by atoms with E-state index in [0.29, 0.717) is 10.8 Å². The number of carboxylic acid groups (broad SMARTS) is 1. The summed E-state index contributed by atoms with van der Waals surface area (Å²) in [6.07, 6.45) is 3.32. The number of nitrogens with one attached hydrogen (secondary N) is 1. The first-order valence-electron chi connectivity index (χ1n) is 4.77. The Bertz CT molecular complexity index is 514. The van der Waals surface area contributed by atoms with Crippen LogP contribution in [-0.2, 0) is 4.79 Å². The first kappa shape index (κ1) is 11.5. The van der Waals surface area contributed by atoms with Crippen LogP contribution in [-0.4, -0.2) is 21.0 Å². The molecule has 7 heteroatoms. The highest BCUT2D eigenvalue weighted by atomic mass is 32.1. The van der Waals surface area contributed by atoms with E-state index in [1.165, 1.54) is 11.3 Å². The number of anilines is 2. The number of pyridine rings is 1. The van der Waals surface area contributed by atoms with E-state index in [9.17, 15) is 4.79 Å². The van der Waals surface area contributed by atoms with E-state index in [0.717, 1.165) is 5.69 Å². The lowest BCUT2D eigenvalue weighted by Crippen LogP contribution is -2.20. The van der Waals surface area contributed by atoms with Gasteiger partial charge in [-0.1, -0.05) is 0 Å². The third-order valence-electron chi connectivity index (χ3n) is 2.02. The molecule has 4 N–H and O–H groups in total. The Morgan fingerprint density at radius 3 is 3.06 bits per heavy atom. The molecule has 0 aliphatic heterocycles. The van der Waals surface area contributed by atoms with Gasteiger partial charge in [0.05, 0.1) is 17.6 Å². The molecule has 2 rings (SSSR count). The van der Waals surface area contributed by atoms with Crippen molar-refractivity contribution in [2.24, 2.45) is 5.73 Å². The van der Waals surface area contributed by atoms with Gasteiger partial charge in [-0.3, -0.25) is 9.78 Å². The minimum absolute atomic E-state index is 0.342. The molecular weight excluding hydrogens is 240 g/mol. The Morgan fingerprint density at radius 2 is 2.41 bits per heavy atom. The molecule has 0 saturated heterocycles. The minimum atomic E-state index is -1.09. The first-order chi connectivity index (χ1) is 8.16. The van der Waals surface area contributed by atoms with Gasteiger partial charge in [-0.25, -0.2) is 4.98 Å². The molecule has 0 fully saturated rings. The molecule has 6 nitrogen and oxygen atoms in total. The van der Waals surface area contributed by atoms with Crippen molar-refractivity contribution in [2.75, 3.05) is 5.32 Å². The molecule has 0 aliphatic rings. The van der Waals surface area contributed by atoms with Crippen molar-refractivity contribution < 1.29 is 9.90 Å². The van der Waals surface area contributed by atoms with E-state index in [1.54, 1.807) is 23.8 Å². The quantitative estimate of drug-likeness (QED) is 0.757. The van der Waals surface area contributed by atoms with Crippen molar-refractivity contribution in [1.29, 1.82) is 0 Å². The fourth-order valence-electron chi connectivity index (χ4n) is 1.17. The van der Waals surface area contributed by atoms with Gasteiger partial charge in [0.15, 0.2) is 5.13 Å². The molecule has 1 atom stereocenters. The topological polar surface area (TPSA) is 101 Å². The van der Waals surface area contributed by atoms with Crippen LogP contribution in [0, 0.1) is 0 Å². The monoisotopic (exact) mass is 250 g/mol. The number of rotatable bonds is 4. The second kappa shape index (κ2) is 4.89. The average Bonchev–Trinajstić information content (AvgIpc) is 2.77. The number of hydrogen-bond acceptors (Lipinski definition) is 6. The van der Waals surface area contributed by atoms with Gasteiger partial charge in [-0.2, -0.15) is 0 Å². The molecule has 0 radical (unpaired) electrons. The molecule has 0 bridgehead atoms. The van der Waals surface area contributed by atoms with Crippen molar-refractivity contribution in [3.63, 3.8) is 0 Å². The summed E-state index contributed by atoms with van der Waals surface area (Å²) < 4.78 is 0. The van der Waals surface area contributed by atoms with E-state index in [2.05, 4.69) is 15.3 Å². The summed E-state index contributed by atoms with van der Waals surface area (Å²) in [6, 6.07) is 2.54. The standard InChI is InChI=1S/C10H10N4O2S/c11-8(9(15)16)7-5-17-10(14-7)13-6-2-1-3-12-4-6/h1-5,8H,11H2,(H,13,14)(H,15,16). The van der Waals surface area contributed by atoms with Gasteiger partial charge in [0.2, 0.25) is 0 Å². The van der Waals surface area contributed by atoms with Crippen LogP contribution in [0.5, 0.6) is 0 Å². The molecule has 88 valence electrons. The van der Waals surface area contributed by atoms with E-state index in [1.807, 2.05) is 6.07 Å². The Hall–Kier alpha value is -1.99. The molecule has 17 heavy (non-hydrogen) atoms. The van der Waals surface area contributed by atoms with E-state index >= 15 is 0 Å². The smallest absolute Gasteiger partial charge is 0.326 e. The zero-order chi connectivity index (χ0) is 12.3. The summed E-state index contributed by atoms with van der Waals surface area (Å²) in [6.45, 7) is 0.